The van der Waals surface area contributed by atoms with Crippen LogP contribution in [0.15, 0.2) is 66.7 Å². The first kappa shape index (κ1) is 13.0. The van der Waals surface area contributed by atoms with E-state index in [1.165, 1.54) is 11.1 Å². The van der Waals surface area contributed by atoms with Crippen LogP contribution in [0.2, 0.25) is 0 Å². The van der Waals surface area contributed by atoms with Gasteiger partial charge in [-0.3, -0.25) is 0 Å². The Hall–Kier alpha value is -2.74. The first-order chi connectivity index (χ1) is 10.7. The zero-order valence-electron chi connectivity index (χ0n) is 12.7. The van der Waals surface area contributed by atoms with E-state index in [9.17, 15) is 0 Å². The zero-order valence-corrected chi connectivity index (χ0v) is 12.7. The molecule has 0 atom stereocenters. The lowest BCUT2D eigenvalue weighted by atomic mass is 10.1. The molecule has 22 heavy (non-hydrogen) atoms. The summed E-state index contributed by atoms with van der Waals surface area (Å²) in [6.07, 6.45) is 0. The maximum Gasteiger partial charge on any atom is 0.151 e. The molecule has 2 nitrogen and oxygen atoms in total. The topological polar surface area (TPSA) is 12.5 Å². The van der Waals surface area contributed by atoms with Gasteiger partial charge in [0.1, 0.15) is 0 Å². The van der Waals surface area contributed by atoms with Gasteiger partial charge in [-0.2, -0.15) is 0 Å². The Balaban J connectivity index is 1.99. The first-order valence-electron chi connectivity index (χ1n) is 7.47. The molecule has 1 aliphatic heterocycles. The average Bonchev–Trinajstić information content (AvgIpc) is 2.54. The molecule has 0 aliphatic carbocycles. The van der Waals surface area contributed by atoms with E-state index in [-0.39, 0.29) is 0 Å². The van der Waals surface area contributed by atoms with Crippen LogP contribution in [0.1, 0.15) is 11.1 Å². The number of fused-ring (bicyclic) bond motifs is 2. The van der Waals surface area contributed by atoms with Crippen molar-refractivity contribution >= 4 is 17.1 Å². The molecule has 0 saturated heterocycles. The van der Waals surface area contributed by atoms with Gasteiger partial charge < -0.3 is 9.64 Å². The number of rotatable bonds is 1. The lowest BCUT2D eigenvalue weighted by Gasteiger charge is -2.33. The molecule has 3 aromatic carbocycles. The van der Waals surface area contributed by atoms with Crippen molar-refractivity contribution in [3.8, 4) is 11.5 Å². The minimum absolute atomic E-state index is 0.894. The molecule has 0 aromatic heterocycles. The minimum atomic E-state index is 0.894. The smallest absolute Gasteiger partial charge is 0.151 e. The van der Waals surface area contributed by atoms with Crippen LogP contribution in [-0.4, -0.2) is 0 Å². The maximum atomic E-state index is 6.10. The molecule has 0 fully saturated rings. The van der Waals surface area contributed by atoms with E-state index >= 15 is 0 Å². The molecule has 0 bridgehead atoms. The van der Waals surface area contributed by atoms with Crippen molar-refractivity contribution in [3.63, 3.8) is 0 Å². The first-order valence-corrected chi connectivity index (χ1v) is 7.47. The van der Waals surface area contributed by atoms with Gasteiger partial charge in [-0.25, -0.2) is 0 Å². The van der Waals surface area contributed by atoms with Gasteiger partial charge >= 0.3 is 0 Å². The summed E-state index contributed by atoms with van der Waals surface area (Å²) in [6.45, 7) is 4.21. The van der Waals surface area contributed by atoms with Crippen molar-refractivity contribution in [3.05, 3.63) is 77.9 Å². The second-order valence-corrected chi connectivity index (χ2v) is 5.72. The molecule has 0 amide bonds. The molecule has 0 radical (unpaired) electrons. The predicted molar refractivity (Wildman–Crippen MR) is 90.7 cm³/mol. The SMILES string of the molecule is Cc1ccc2c(c1)N(c1ccccc1)c1cc(C)ccc1O2. The van der Waals surface area contributed by atoms with Crippen molar-refractivity contribution in [2.24, 2.45) is 0 Å². The molecule has 1 heterocycles. The van der Waals surface area contributed by atoms with E-state index in [2.05, 4.69) is 67.3 Å². The Morgan fingerprint density at radius 1 is 0.682 bits per heavy atom. The third kappa shape index (κ3) is 2.04. The molecule has 2 heteroatoms. The molecular formula is C20H17NO. The zero-order chi connectivity index (χ0) is 15.1. The number of aryl methyl sites for hydroxylation is 2. The van der Waals surface area contributed by atoms with Crippen LogP contribution < -0.4 is 9.64 Å². The van der Waals surface area contributed by atoms with E-state index < -0.39 is 0 Å². The second kappa shape index (κ2) is 4.92. The third-order valence-corrected chi connectivity index (χ3v) is 3.94. The van der Waals surface area contributed by atoms with E-state index in [0.29, 0.717) is 0 Å². The summed E-state index contributed by atoms with van der Waals surface area (Å²) in [7, 11) is 0. The summed E-state index contributed by atoms with van der Waals surface area (Å²) in [5.74, 6) is 1.79. The summed E-state index contributed by atoms with van der Waals surface area (Å²) >= 11 is 0. The Morgan fingerprint density at radius 2 is 1.23 bits per heavy atom. The largest absolute Gasteiger partial charge is 0.453 e. The molecule has 4 rings (SSSR count). The second-order valence-electron chi connectivity index (χ2n) is 5.72. The van der Waals surface area contributed by atoms with Crippen molar-refractivity contribution in [2.45, 2.75) is 13.8 Å². The highest BCUT2D eigenvalue weighted by atomic mass is 16.5. The quantitative estimate of drug-likeness (QED) is 0.433. The average molecular weight is 287 g/mol. The minimum Gasteiger partial charge on any atom is -0.453 e. The fourth-order valence-electron chi connectivity index (χ4n) is 2.88. The Kier molecular flexibility index (Phi) is 2.90. The number of hydrogen-bond donors (Lipinski definition) is 0. The van der Waals surface area contributed by atoms with Gasteiger partial charge in [-0.15, -0.1) is 0 Å². The molecule has 0 spiro atoms. The van der Waals surface area contributed by atoms with E-state index in [1.807, 2.05) is 18.2 Å². The van der Waals surface area contributed by atoms with Crippen LogP contribution in [0.5, 0.6) is 11.5 Å². The number of benzene rings is 3. The van der Waals surface area contributed by atoms with E-state index in [4.69, 9.17) is 4.74 Å². The van der Waals surface area contributed by atoms with Gasteiger partial charge in [-0.05, 0) is 61.4 Å². The molecule has 0 saturated carbocycles. The predicted octanol–water partition coefficient (Wildman–Crippen LogP) is 5.88. The maximum absolute atomic E-state index is 6.10. The van der Waals surface area contributed by atoms with Gasteiger partial charge in [0.2, 0.25) is 0 Å². The van der Waals surface area contributed by atoms with Gasteiger partial charge in [0.15, 0.2) is 11.5 Å². The Morgan fingerprint density at radius 3 is 1.77 bits per heavy atom. The summed E-state index contributed by atoms with van der Waals surface area (Å²) in [6, 6.07) is 23.0. The van der Waals surface area contributed by atoms with E-state index in [0.717, 1.165) is 28.6 Å². The summed E-state index contributed by atoms with van der Waals surface area (Å²) in [4.78, 5) is 2.27. The fraction of sp³-hybridized carbons (Fsp3) is 0.100. The molecule has 108 valence electrons. The highest BCUT2D eigenvalue weighted by Gasteiger charge is 2.25. The van der Waals surface area contributed by atoms with Gasteiger partial charge in [0.25, 0.3) is 0 Å². The van der Waals surface area contributed by atoms with Crippen LogP contribution in [0, 0.1) is 13.8 Å². The number of para-hydroxylation sites is 1. The Labute approximate surface area is 130 Å². The molecular weight excluding hydrogens is 270 g/mol. The van der Waals surface area contributed by atoms with Gasteiger partial charge in [0.05, 0.1) is 11.4 Å². The molecule has 0 unspecified atom stereocenters. The van der Waals surface area contributed by atoms with Crippen LogP contribution in [0.3, 0.4) is 0 Å². The number of nitrogens with zero attached hydrogens (tertiary/aromatic N) is 1. The van der Waals surface area contributed by atoms with Crippen molar-refractivity contribution < 1.29 is 4.74 Å². The highest BCUT2D eigenvalue weighted by Crippen LogP contribution is 2.50. The van der Waals surface area contributed by atoms with Crippen molar-refractivity contribution in [2.75, 3.05) is 4.90 Å². The van der Waals surface area contributed by atoms with Gasteiger partial charge in [0, 0.05) is 5.69 Å². The number of ether oxygens (including phenoxy) is 1. The van der Waals surface area contributed by atoms with Crippen LogP contribution in [-0.2, 0) is 0 Å². The standard InChI is InChI=1S/C20H17NO/c1-14-8-10-19-17(12-14)21(16-6-4-3-5-7-16)18-13-15(2)9-11-20(18)22-19/h3-13H,1-2H3. The van der Waals surface area contributed by atoms with E-state index in [1.54, 1.807) is 0 Å². The van der Waals surface area contributed by atoms with Gasteiger partial charge in [-0.1, -0.05) is 30.3 Å². The number of hydrogen-bond acceptors (Lipinski definition) is 2. The van der Waals surface area contributed by atoms with Crippen molar-refractivity contribution in [1.82, 2.24) is 0 Å². The molecule has 0 N–H and O–H groups in total. The van der Waals surface area contributed by atoms with Crippen LogP contribution >= 0.6 is 0 Å². The third-order valence-electron chi connectivity index (χ3n) is 3.94. The lowest BCUT2D eigenvalue weighted by Crippen LogP contribution is -2.16. The molecule has 3 aromatic rings. The summed E-state index contributed by atoms with van der Waals surface area (Å²) < 4.78 is 6.10. The summed E-state index contributed by atoms with van der Waals surface area (Å²) in [5, 5.41) is 0. The summed E-state index contributed by atoms with van der Waals surface area (Å²) in [5.41, 5.74) is 5.76. The van der Waals surface area contributed by atoms with Crippen LogP contribution in [0.4, 0.5) is 17.1 Å². The fourth-order valence-corrected chi connectivity index (χ4v) is 2.88. The normalized spacial score (nSPS) is 12.4. The molecule has 1 aliphatic rings. The lowest BCUT2D eigenvalue weighted by molar-refractivity contribution is 0.476. The monoisotopic (exact) mass is 287 g/mol. The highest BCUT2D eigenvalue weighted by molar-refractivity contribution is 5.86. The Bertz CT molecular complexity index is 788. The van der Waals surface area contributed by atoms with Crippen LogP contribution in [0.25, 0.3) is 0 Å². The number of anilines is 3. The van der Waals surface area contributed by atoms with Crippen molar-refractivity contribution in [1.29, 1.82) is 0 Å².